The zero-order valence-corrected chi connectivity index (χ0v) is 18.1. The normalized spacial score (nSPS) is 16.0. The highest BCUT2D eigenvalue weighted by molar-refractivity contribution is 8.26. The van der Waals surface area contributed by atoms with Gasteiger partial charge in [0.2, 0.25) is 0 Å². The minimum atomic E-state index is -0.0289. The summed E-state index contributed by atoms with van der Waals surface area (Å²) in [6, 6.07) is 13.8. The first kappa shape index (κ1) is 19.5. The first-order valence-corrected chi connectivity index (χ1v) is 10.7. The second kappa shape index (κ2) is 7.91. The summed E-state index contributed by atoms with van der Waals surface area (Å²) in [5, 5.41) is 2.17. The Kier molecular flexibility index (Phi) is 5.52. The summed E-state index contributed by atoms with van der Waals surface area (Å²) in [6.45, 7) is 3.17. The molecule has 7 heteroatoms. The van der Waals surface area contributed by atoms with Gasteiger partial charge in [-0.3, -0.25) is 9.69 Å². The summed E-state index contributed by atoms with van der Waals surface area (Å²) < 4.78 is 2.76. The summed E-state index contributed by atoms with van der Waals surface area (Å²) in [6.07, 6.45) is 3.99. The zero-order valence-electron chi connectivity index (χ0n) is 15.0. The molecule has 0 aliphatic carbocycles. The number of benzene rings is 2. The highest BCUT2D eigenvalue weighted by Crippen LogP contribution is 2.34. The van der Waals surface area contributed by atoms with Crippen LogP contribution in [0.2, 0.25) is 10.0 Å². The molecule has 142 valence electrons. The predicted octanol–water partition coefficient (Wildman–Crippen LogP) is 6.22. The number of rotatable bonds is 4. The highest BCUT2D eigenvalue weighted by atomic mass is 35.5. The summed E-state index contributed by atoms with van der Waals surface area (Å²) in [5.41, 5.74) is 3.14. The smallest absolute Gasteiger partial charge is 0.266 e. The van der Waals surface area contributed by atoms with Crippen molar-refractivity contribution in [2.75, 3.05) is 6.54 Å². The Labute approximate surface area is 182 Å². The molecule has 0 N–H and O–H groups in total. The minimum absolute atomic E-state index is 0.0289. The number of thioether (sulfide) groups is 1. The van der Waals surface area contributed by atoms with Gasteiger partial charge in [-0.25, -0.2) is 0 Å². The zero-order chi connectivity index (χ0) is 19.8. The second-order valence-electron chi connectivity index (χ2n) is 6.40. The quantitative estimate of drug-likeness (QED) is 0.351. The largest absolute Gasteiger partial charge is 0.342 e. The molecule has 0 bridgehead atoms. The van der Waals surface area contributed by atoms with E-state index in [1.165, 1.54) is 11.8 Å². The van der Waals surface area contributed by atoms with E-state index in [0.29, 0.717) is 32.4 Å². The maximum absolute atomic E-state index is 12.6. The molecule has 0 unspecified atom stereocenters. The number of amides is 1. The topological polar surface area (TPSA) is 25.2 Å². The Morgan fingerprint density at radius 3 is 2.64 bits per heavy atom. The van der Waals surface area contributed by atoms with Gasteiger partial charge in [-0.05, 0) is 36.8 Å². The molecule has 1 aliphatic rings. The van der Waals surface area contributed by atoms with Crippen LogP contribution in [-0.4, -0.2) is 26.2 Å². The van der Waals surface area contributed by atoms with Gasteiger partial charge in [0, 0.05) is 35.8 Å². The first-order chi connectivity index (χ1) is 13.5. The fraction of sp³-hybridized carbons (Fsp3) is 0.143. The van der Waals surface area contributed by atoms with Crippen LogP contribution in [0.3, 0.4) is 0 Å². The Morgan fingerprint density at radius 2 is 1.93 bits per heavy atom. The lowest BCUT2D eigenvalue weighted by Gasteiger charge is -2.09. The maximum Gasteiger partial charge on any atom is 0.266 e. The van der Waals surface area contributed by atoms with E-state index in [-0.39, 0.29) is 5.91 Å². The van der Waals surface area contributed by atoms with Gasteiger partial charge in [0.15, 0.2) is 0 Å². The van der Waals surface area contributed by atoms with Gasteiger partial charge in [0.05, 0.1) is 15.0 Å². The van der Waals surface area contributed by atoms with Gasteiger partial charge in [-0.1, -0.05) is 71.4 Å². The van der Waals surface area contributed by atoms with Crippen LogP contribution in [0.5, 0.6) is 0 Å². The Morgan fingerprint density at radius 1 is 1.14 bits per heavy atom. The third-order valence-corrected chi connectivity index (χ3v) is 6.75. The minimum Gasteiger partial charge on any atom is -0.342 e. The van der Waals surface area contributed by atoms with E-state index in [1.54, 1.807) is 4.90 Å². The van der Waals surface area contributed by atoms with Crippen molar-refractivity contribution in [3.8, 4) is 0 Å². The second-order valence-corrected chi connectivity index (χ2v) is 8.89. The fourth-order valence-electron chi connectivity index (χ4n) is 3.27. The van der Waals surface area contributed by atoms with E-state index in [9.17, 15) is 4.79 Å². The number of nitrogens with zero attached hydrogens (tertiary/aromatic N) is 2. The van der Waals surface area contributed by atoms with Gasteiger partial charge in [-0.2, -0.15) is 0 Å². The lowest BCUT2D eigenvalue weighted by Crippen LogP contribution is -2.27. The molecule has 1 aliphatic heterocycles. The number of carbonyl (C=O) groups excluding carboxylic acids is 1. The molecule has 4 rings (SSSR count). The molecule has 2 aromatic carbocycles. The lowest BCUT2D eigenvalue weighted by molar-refractivity contribution is -0.121. The molecule has 0 spiro atoms. The number of aromatic nitrogens is 1. The first-order valence-electron chi connectivity index (χ1n) is 8.75. The van der Waals surface area contributed by atoms with Crippen molar-refractivity contribution in [2.24, 2.45) is 0 Å². The van der Waals surface area contributed by atoms with Gasteiger partial charge in [0.1, 0.15) is 4.32 Å². The summed E-state index contributed by atoms with van der Waals surface area (Å²) in [7, 11) is 0. The summed E-state index contributed by atoms with van der Waals surface area (Å²) in [5.74, 6) is -0.0289. The number of likely N-dealkylation sites (N-methyl/N-ethyl adjacent to an activating group) is 1. The van der Waals surface area contributed by atoms with Crippen molar-refractivity contribution >= 4 is 74.4 Å². The monoisotopic (exact) mass is 446 g/mol. The summed E-state index contributed by atoms with van der Waals surface area (Å²) in [4.78, 5) is 14.9. The molecule has 0 saturated carbocycles. The van der Waals surface area contributed by atoms with Crippen molar-refractivity contribution < 1.29 is 4.79 Å². The third-order valence-electron chi connectivity index (χ3n) is 4.63. The molecule has 2 heterocycles. The van der Waals surface area contributed by atoms with Crippen molar-refractivity contribution in [1.29, 1.82) is 0 Å². The van der Waals surface area contributed by atoms with Crippen LogP contribution in [0.15, 0.2) is 53.6 Å². The van der Waals surface area contributed by atoms with E-state index < -0.39 is 0 Å². The molecule has 3 aromatic rings. The van der Waals surface area contributed by atoms with Crippen LogP contribution in [0.25, 0.3) is 17.0 Å². The van der Waals surface area contributed by atoms with Crippen molar-refractivity contribution in [3.63, 3.8) is 0 Å². The highest BCUT2D eigenvalue weighted by Gasteiger charge is 2.30. The van der Waals surface area contributed by atoms with E-state index >= 15 is 0 Å². The van der Waals surface area contributed by atoms with Gasteiger partial charge in [0.25, 0.3) is 5.91 Å². The van der Waals surface area contributed by atoms with Crippen LogP contribution >= 0.6 is 47.2 Å². The molecule has 1 amide bonds. The SMILES string of the molecule is CCN1C(=O)/C(=C/c2cn(Cc3ccc(Cl)c(Cl)c3)c3ccccc23)SC1=S. The Balaban J connectivity index is 1.75. The molecular weight excluding hydrogens is 431 g/mol. The van der Waals surface area contributed by atoms with Gasteiger partial charge in [-0.15, -0.1) is 0 Å². The number of hydrogen-bond donors (Lipinski definition) is 0. The standard InChI is InChI=1S/C21H16Cl2N2OS2/c1-2-25-20(26)19(28-21(25)27)10-14-12-24(18-6-4-3-5-15(14)18)11-13-7-8-16(22)17(23)9-13/h3-10,12H,2,11H2,1H3/b19-10-. The number of fused-ring (bicyclic) bond motifs is 1. The lowest BCUT2D eigenvalue weighted by atomic mass is 10.1. The van der Waals surface area contributed by atoms with E-state index in [0.717, 1.165) is 22.0 Å². The maximum atomic E-state index is 12.6. The Bertz CT molecular complexity index is 1140. The number of halogens is 2. The average molecular weight is 447 g/mol. The molecular formula is C21H16Cl2N2OS2. The van der Waals surface area contributed by atoms with Crippen molar-refractivity contribution in [3.05, 3.63) is 74.7 Å². The third kappa shape index (κ3) is 3.60. The number of hydrogen-bond acceptors (Lipinski definition) is 3. The van der Waals surface area contributed by atoms with Crippen LogP contribution in [0.4, 0.5) is 0 Å². The number of para-hydroxylation sites is 1. The number of thiocarbonyl (C=S) groups is 1. The molecule has 1 aromatic heterocycles. The van der Waals surface area contributed by atoms with Gasteiger partial charge < -0.3 is 4.57 Å². The van der Waals surface area contributed by atoms with Crippen LogP contribution in [0.1, 0.15) is 18.1 Å². The molecule has 3 nitrogen and oxygen atoms in total. The van der Waals surface area contributed by atoms with Gasteiger partial charge >= 0.3 is 0 Å². The molecule has 1 saturated heterocycles. The molecule has 28 heavy (non-hydrogen) atoms. The van der Waals surface area contributed by atoms with E-state index in [2.05, 4.69) is 22.9 Å². The van der Waals surface area contributed by atoms with Crippen LogP contribution < -0.4 is 0 Å². The molecule has 0 radical (unpaired) electrons. The predicted molar refractivity (Wildman–Crippen MR) is 123 cm³/mol. The number of carbonyl (C=O) groups is 1. The van der Waals surface area contributed by atoms with E-state index in [1.807, 2.05) is 43.3 Å². The summed E-state index contributed by atoms with van der Waals surface area (Å²) >= 11 is 18.9. The fourth-order valence-corrected chi connectivity index (χ4v) is 4.97. The van der Waals surface area contributed by atoms with Crippen molar-refractivity contribution in [1.82, 2.24) is 9.47 Å². The molecule has 1 fully saturated rings. The average Bonchev–Trinajstić information content (AvgIpc) is 3.15. The van der Waals surface area contributed by atoms with Crippen LogP contribution in [0, 0.1) is 0 Å². The van der Waals surface area contributed by atoms with Crippen molar-refractivity contribution in [2.45, 2.75) is 13.5 Å². The molecule has 0 atom stereocenters. The van der Waals surface area contributed by atoms with E-state index in [4.69, 9.17) is 35.4 Å². The Hall–Kier alpha value is -1.79. The van der Waals surface area contributed by atoms with Crippen LogP contribution in [-0.2, 0) is 11.3 Å².